The summed E-state index contributed by atoms with van der Waals surface area (Å²) in [6, 6.07) is 20.5. The maximum atomic E-state index is 12.3. The van der Waals surface area contributed by atoms with Crippen molar-refractivity contribution in [2.24, 2.45) is 4.99 Å². The average Bonchev–Trinajstić information content (AvgIpc) is 3.50. The SMILES string of the molecule is FC(F)(F)Oc1ccc(-n2cnc(-c3ccc(NC4=NC(c5ccccc5Cl)CO4)cc3)n2)cc1. The molecule has 0 amide bonds. The number of nitrogens with one attached hydrogen (secondary N) is 1. The number of alkyl halides is 3. The third-order valence-electron chi connectivity index (χ3n) is 5.14. The summed E-state index contributed by atoms with van der Waals surface area (Å²) in [5, 5.41) is 8.19. The Morgan fingerprint density at radius 2 is 1.74 bits per heavy atom. The summed E-state index contributed by atoms with van der Waals surface area (Å²) >= 11 is 6.25. The minimum absolute atomic E-state index is 0.173. The van der Waals surface area contributed by atoms with Crippen LogP contribution in [0.5, 0.6) is 5.75 Å². The Balaban J connectivity index is 1.24. The minimum atomic E-state index is -4.74. The van der Waals surface area contributed by atoms with E-state index in [-0.39, 0.29) is 11.8 Å². The number of hydrogen-bond donors (Lipinski definition) is 1. The molecule has 4 aromatic rings. The van der Waals surface area contributed by atoms with Gasteiger partial charge in [0.2, 0.25) is 0 Å². The Kier molecular flexibility index (Phi) is 6.04. The molecule has 0 radical (unpaired) electrons. The summed E-state index contributed by atoms with van der Waals surface area (Å²) in [7, 11) is 0. The minimum Gasteiger partial charge on any atom is -0.462 e. The number of anilines is 1. The monoisotopic (exact) mass is 499 g/mol. The molecule has 3 aromatic carbocycles. The Labute approximate surface area is 202 Å². The number of ether oxygens (including phenoxy) is 2. The molecule has 2 heterocycles. The van der Waals surface area contributed by atoms with E-state index in [1.54, 1.807) is 0 Å². The summed E-state index contributed by atoms with van der Waals surface area (Å²) in [5.74, 6) is 0.152. The van der Waals surface area contributed by atoms with E-state index in [9.17, 15) is 13.2 Å². The molecule has 0 fully saturated rings. The molecule has 0 saturated carbocycles. The quantitative estimate of drug-likeness (QED) is 0.363. The molecule has 0 saturated heterocycles. The summed E-state index contributed by atoms with van der Waals surface area (Å²) in [6.45, 7) is 0.398. The van der Waals surface area contributed by atoms with Gasteiger partial charge in [0.25, 0.3) is 6.02 Å². The van der Waals surface area contributed by atoms with E-state index < -0.39 is 6.36 Å². The van der Waals surface area contributed by atoms with Gasteiger partial charge in [-0.2, -0.15) is 0 Å². The zero-order valence-corrected chi connectivity index (χ0v) is 18.7. The first-order valence-corrected chi connectivity index (χ1v) is 10.8. The van der Waals surface area contributed by atoms with Gasteiger partial charge in [0.1, 0.15) is 24.7 Å². The largest absolute Gasteiger partial charge is 0.573 e. The van der Waals surface area contributed by atoms with E-state index in [1.807, 2.05) is 48.5 Å². The van der Waals surface area contributed by atoms with Crippen LogP contribution in [-0.2, 0) is 4.74 Å². The van der Waals surface area contributed by atoms with E-state index in [0.717, 1.165) is 16.8 Å². The first-order chi connectivity index (χ1) is 16.8. The van der Waals surface area contributed by atoms with Crippen LogP contribution in [0.1, 0.15) is 11.6 Å². The van der Waals surface area contributed by atoms with Crippen molar-refractivity contribution in [2.45, 2.75) is 12.4 Å². The van der Waals surface area contributed by atoms with Crippen LogP contribution in [0.25, 0.3) is 17.1 Å². The Morgan fingerprint density at radius 1 is 1.00 bits per heavy atom. The van der Waals surface area contributed by atoms with Crippen molar-refractivity contribution < 1.29 is 22.6 Å². The van der Waals surface area contributed by atoms with Crippen LogP contribution in [0.2, 0.25) is 5.02 Å². The molecule has 0 spiro atoms. The molecule has 5 rings (SSSR count). The summed E-state index contributed by atoms with van der Waals surface area (Å²) in [6.07, 6.45) is -3.26. The van der Waals surface area contributed by atoms with Gasteiger partial charge in [-0.3, -0.25) is 0 Å². The van der Waals surface area contributed by atoms with Crippen LogP contribution in [0, 0.1) is 0 Å². The zero-order valence-electron chi connectivity index (χ0n) is 17.9. The zero-order chi connectivity index (χ0) is 24.4. The number of rotatable bonds is 5. The molecule has 178 valence electrons. The number of halogens is 4. The predicted molar refractivity (Wildman–Crippen MR) is 125 cm³/mol. The fraction of sp³-hybridized carbons (Fsp3) is 0.125. The van der Waals surface area contributed by atoms with Crippen molar-refractivity contribution in [3.8, 4) is 22.8 Å². The van der Waals surface area contributed by atoms with Crippen molar-refractivity contribution >= 4 is 23.3 Å². The van der Waals surface area contributed by atoms with Crippen LogP contribution < -0.4 is 10.1 Å². The van der Waals surface area contributed by atoms with Crippen LogP contribution in [-0.4, -0.2) is 33.8 Å². The van der Waals surface area contributed by atoms with E-state index in [2.05, 4.69) is 25.1 Å². The van der Waals surface area contributed by atoms with Crippen molar-refractivity contribution in [3.63, 3.8) is 0 Å². The molecule has 11 heteroatoms. The Bertz CT molecular complexity index is 1350. The standard InChI is InChI=1S/C24H17ClF3N5O2/c25-20-4-2-1-3-19(20)21-13-34-23(31-21)30-16-7-5-15(6-8-16)22-29-14-33(32-22)17-9-11-18(12-10-17)35-24(26,27)28/h1-12,14,21H,13H2,(H,30,31). The van der Waals surface area contributed by atoms with Gasteiger partial charge >= 0.3 is 6.36 Å². The van der Waals surface area contributed by atoms with Gasteiger partial charge in [0.15, 0.2) is 5.82 Å². The van der Waals surface area contributed by atoms with Crippen LogP contribution in [0.3, 0.4) is 0 Å². The molecule has 1 atom stereocenters. The van der Waals surface area contributed by atoms with E-state index in [0.29, 0.717) is 29.2 Å². The molecule has 0 bridgehead atoms. The van der Waals surface area contributed by atoms with Gasteiger partial charge < -0.3 is 14.8 Å². The van der Waals surface area contributed by atoms with E-state index in [4.69, 9.17) is 16.3 Å². The number of benzene rings is 3. The maximum Gasteiger partial charge on any atom is 0.573 e. The fourth-order valence-electron chi connectivity index (χ4n) is 3.49. The number of aromatic nitrogens is 3. The lowest BCUT2D eigenvalue weighted by Gasteiger charge is -2.09. The number of hydrogen-bond acceptors (Lipinski definition) is 6. The van der Waals surface area contributed by atoms with Gasteiger partial charge in [0.05, 0.1) is 5.69 Å². The second kappa shape index (κ2) is 9.30. The predicted octanol–water partition coefficient (Wildman–Crippen LogP) is 6.03. The summed E-state index contributed by atoms with van der Waals surface area (Å²) < 4.78 is 48.0. The molecule has 1 unspecified atom stereocenters. The van der Waals surface area contributed by atoms with Crippen LogP contribution in [0.15, 0.2) is 84.1 Å². The van der Waals surface area contributed by atoms with Crippen molar-refractivity contribution in [3.05, 3.63) is 89.7 Å². The third kappa shape index (κ3) is 5.38. The molecule has 1 aliphatic rings. The molecule has 7 nitrogen and oxygen atoms in total. The molecule has 35 heavy (non-hydrogen) atoms. The maximum absolute atomic E-state index is 12.3. The van der Waals surface area contributed by atoms with Crippen LogP contribution >= 0.6 is 11.6 Å². The first-order valence-electron chi connectivity index (χ1n) is 10.4. The third-order valence-corrected chi connectivity index (χ3v) is 5.48. The highest BCUT2D eigenvalue weighted by molar-refractivity contribution is 6.31. The summed E-state index contributed by atoms with van der Waals surface area (Å²) in [5.41, 5.74) is 2.98. The van der Waals surface area contributed by atoms with Gasteiger partial charge in [0, 0.05) is 16.3 Å². The molecule has 1 aromatic heterocycles. The lowest BCUT2D eigenvalue weighted by molar-refractivity contribution is -0.274. The van der Waals surface area contributed by atoms with Crippen molar-refractivity contribution in [1.82, 2.24) is 14.8 Å². The first kappa shape index (κ1) is 22.7. The van der Waals surface area contributed by atoms with Gasteiger partial charge in [-0.05, 0) is 60.2 Å². The topological polar surface area (TPSA) is 73.6 Å². The molecule has 1 aliphatic heterocycles. The lowest BCUT2D eigenvalue weighted by Crippen LogP contribution is -2.17. The van der Waals surface area contributed by atoms with Gasteiger partial charge in [-0.15, -0.1) is 18.3 Å². The van der Waals surface area contributed by atoms with E-state index >= 15 is 0 Å². The molecule has 1 N–H and O–H groups in total. The average molecular weight is 500 g/mol. The van der Waals surface area contributed by atoms with Gasteiger partial charge in [-0.1, -0.05) is 29.8 Å². The van der Waals surface area contributed by atoms with Crippen molar-refractivity contribution in [1.29, 1.82) is 0 Å². The Hall–Kier alpha value is -4.05. The highest BCUT2D eigenvalue weighted by atomic mass is 35.5. The van der Waals surface area contributed by atoms with Gasteiger partial charge in [-0.25, -0.2) is 14.7 Å². The molecular weight excluding hydrogens is 483 g/mol. The van der Waals surface area contributed by atoms with E-state index in [1.165, 1.54) is 35.3 Å². The van der Waals surface area contributed by atoms with Crippen molar-refractivity contribution in [2.75, 3.05) is 11.9 Å². The second-order valence-electron chi connectivity index (χ2n) is 7.54. The number of aliphatic imine (C=N–C) groups is 1. The fourth-order valence-corrected chi connectivity index (χ4v) is 3.76. The molecule has 0 aliphatic carbocycles. The van der Waals surface area contributed by atoms with Crippen LogP contribution in [0.4, 0.5) is 18.9 Å². The number of nitrogens with zero attached hydrogens (tertiary/aromatic N) is 4. The summed E-state index contributed by atoms with van der Waals surface area (Å²) in [4.78, 5) is 8.85. The highest BCUT2D eigenvalue weighted by Gasteiger charge is 2.31. The smallest absolute Gasteiger partial charge is 0.462 e. The second-order valence-corrected chi connectivity index (χ2v) is 7.95. The normalized spacial score (nSPS) is 15.4. The lowest BCUT2D eigenvalue weighted by atomic mass is 10.1. The number of amidine groups is 1. The highest BCUT2D eigenvalue weighted by Crippen LogP contribution is 2.29. The Morgan fingerprint density at radius 3 is 2.46 bits per heavy atom. The molecular formula is C24H17ClF3N5O2.